The normalized spacial score (nSPS) is 11.3. The second kappa shape index (κ2) is 8.11. The van der Waals surface area contributed by atoms with Crippen LogP contribution in [0.15, 0.2) is 42.6 Å². The van der Waals surface area contributed by atoms with Gasteiger partial charge in [-0.15, -0.1) is 0 Å². The summed E-state index contributed by atoms with van der Waals surface area (Å²) >= 11 is 12.1. The lowest BCUT2D eigenvalue weighted by Gasteiger charge is -2.14. The number of carbonyl (C=O) groups is 1. The minimum absolute atomic E-state index is 0.0655. The van der Waals surface area contributed by atoms with Crippen molar-refractivity contribution in [3.05, 3.63) is 58.3 Å². The molecule has 0 bridgehead atoms. The minimum Gasteiger partial charge on any atom is -0.462 e. The van der Waals surface area contributed by atoms with Crippen LogP contribution in [0.2, 0.25) is 10.0 Å². The molecule has 3 aromatic rings. The van der Waals surface area contributed by atoms with Gasteiger partial charge in [0.15, 0.2) is 0 Å². The molecule has 2 aromatic heterocycles. The van der Waals surface area contributed by atoms with E-state index in [1.54, 1.807) is 24.4 Å². The Labute approximate surface area is 162 Å². The number of imidazole rings is 1. The molecule has 0 saturated heterocycles. The maximum absolute atomic E-state index is 12.5. The van der Waals surface area contributed by atoms with Gasteiger partial charge in [-0.25, -0.2) is 4.98 Å². The molecule has 0 spiro atoms. The number of rotatable bonds is 6. The lowest BCUT2D eigenvalue weighted by molar-refractivity contribution is -0.148. The molecule has 0 unspecified atom stereocenters. The van der Waals surface area contributed by atoms with Gasteiger partial charge in [-0.05, 0) is 37.1 Å². The summed E-state index contributed by atoms with van der Waals surface area (Å²) in [4.78, 5) is 17.2. The lowest BCUT2D eigenvalue weighted by Crippen LogP contribution is -2.19. The first-order valence-electron chi connectivity index (χ1n) is 8.63. The molecule has 0 radical (unpaired) electrons. The van der Waals surface area contributed by atoms with Crippen LogP contribution in [0.25, 0.3) is 16.9 Å². The molecule has 4 nitrogen and oxygen atoms in total. The lowest BCUT2D eigenvalue weighted by atomic mass is 10.1. The molecule has 0 aliphatic rings. The van der Waals surface area contributed by atoms with Crippen molar-refractivity contribution in [2.75, 3.05) is 0 Å². The van der Waals surface area contributed by atoms with Gasteiger partial charge in [0.25, 0.3) is 0 Å². The predicted octanol–water partition coefficient (Wildman–Crippen LogP) is 5.58. The van der Waals surface area contributed by atoms with Crippen molar-refractivity contribution in [3.63, 3.8) is 0 Å². The summed E-state index contributed by atoms with van der Waals surface area (Å²) in [6, 6.07) is 11.0. The number of ether oxygens (including phenoxy) is 1. The van der Waals surface area contributed by atoms with Crippen molar-refractivity contribution in [1.29, 1.82) is 0 Å². The summed E-state index contributed by atoms with van der Waals surface area (Å²) in [5, 5.41) is 1.22. The van der Waals surface area contributed by atoms with Gasteiger partial charge in [-0.2, -0.15) is 0 Å². The van der Waals surface area contributed by atoms with E-state index in [1.165, 1.54) is 0 Å². The number of hydrogen-bond donors (Lipinski definition) is 0. The molecule has 0 fully saturated rings. The van der Waals surface area contributed by atoms with Crippen molar-refractivity contribution in [3.8, 4) is 11.3 Å². The van der Waals surface area contributed by atoms with Gasteiger partial charge < -0.3 is 9.14 Å². The number of fused-ring (bicyclic) bond motifs is 1. The highest BCUT2D eigenvalue weighted by atomic mass is 35.5. The third kappa shape index (κ3) is 4.02. The molecular formula is C20H20Cl2N2O2. The standard InChI is InChI=1S/C20H20Cl2N2O2/c1-3-16(4-2)26-19(25)11-17-20(13-5-7-14(21)8-6-13)23-18-10-9-15(22)12-24(17)18/h5-10,12,16H,3-4,11H2,1-2H3. The van der Waals surface area contributed by atoms with Gasteiger partial charge in [-0.3, -0.25) is 4.79 Å². The van der Waals surface area contributed by atoms with E-state index < -0.39 is 0 Å². The zero-order valence-electron chi connectivity index (χ0n) is 14.7. The third-order valence-electron chi connectivity index (χ3n) is 4.32. The average molecular weight is 391 g/mol. The van der Waals surface area contributed by atoms with E-state index in [9.17, 15) is 4.79 Å². The van der Waals surface area contributed by atoms with Crippen LogP contribution in [0.4, 0.5) is 0 Å². The van der Waals surface area contributed by atoms with Crippen molar-refractivity contribution >= 4 is 34.8 Å². The van der Waals surface area contributed by atoms with Gasteiger partial charge in [0, 0.05) is 16.8 Å². The van der Waals surface area contributed by atoms with E-state index in [-0.39, 0.29) is 18.5 Å². The quantitative estimate of drug-likeness (QED) is 0.515. The highest BCUT2D eigenvalue weighted by Gasteiger charge is 2.19. The molecule has 0 atom stereocenters. The fourth-order valence-electron chi connectivity index (χ4n) is 2.89. The second-order valence-electron chi connectivity index (χ2n) is 6.09. The number of pyridine rings is 1. The van der Waals surface area contributed by atoms with E-state index in [0.29, 0.717) is 10.0 Å². The maximum Gasteiger partial charge on any atom is 0.312 e. The predicted molar refractivity (Wildman–Crippen MR) is 105 cm³/mol. The molecule has 6 heteroatoms. The van der Waals surface area contributed by atoms with Crippen LogP contribution in [0.5, 0.6) is 0 Å². The second-order valence-corrected chi connectivity index (χ2v) is 6.97. The van der Waals surface area contributed by atoms with Crippen LogP contribution in [0.3, 0.4) is 0 Å². The Balaban J connectivity index is 2.03. The SMILES string of the molecule is CCC(CC)OC(=O)Cc1c(-c2ccc(Cl)cc2)nc2ccc(Cl)cn12. The third-order valence-corrected chi connectivity index (χ3v) is 4.80. The summed E-state index contributed by atoms with van der Waals surface area (Å²) in [5.41, 5.74) is 3.09. The Morgan fingerprint density at radius 2 is 1.73 bits per heavy atom. The van der Waals surface area contributed by atoms with Crippen LogP contribution >= 0.6 is 23.2 Å². The maximum atomic E-state index is 12.5. The Bertz CT molecular complexity index is 915. The number of halogens is 2. The van der Waals surface area contributed by atoms with E-state index in [1.807, 2.05) is 36.4 Å². The van der Waals surface area contributed by atoms with Crippen LogP contribution in [0.1, 0.15) is 32.4 Å². The van der Waals surface area contributed by atoms with E-state index in [4.69, 9.17) is 27.9 Å². The molecule has 26 heavy (non-hydrogen) atoms. The number of hydrogen-bond acceptors (Lipinski definition) is 3. The monoisotopic (exact) mass is 390 g/mol. The van der Waals surface area contributed by atoms with Crippen LogP contribution in [0, 0.1) is 0 Å². The molecule has 0 aliphatic carbocycles. The van der Waals surface area contributed by atoms with Crippen molar-refractivity contribution in [1.82, 2.24) is 9.38 Å². The van der Waals surface area contributed by atoms with Crippen molar-refractivity contribution < 1.29 is 9.53 Å². The molecule has 3 rings (SSSR count). The Morgan fingerprint density at radius 3 is 2.38 bits per heavy atom. The first kappa shape index (κ1) is 18.7. The highest BCUT2D eigenvalue weighted by molar-refractivity contribution is 6.30. The van der Waals surface area contributed by atoms with Gasteiger partial charge in [-0.1, -0.05) is 49.2 Å². The van der Waals surface area contributed by atoms with E-state index in [0.717, 1.165) is 35.4 Å². The Kier molecular flexibility index (Phi) is 5.84. The average Bonchev–Trinajstić information content (AvgIpc) is 2.98. The largest absolute Gasteiger partial charge is 0.462 e. The van der Waals surface area contributed by atoms with Gasteiger partial charge in [0.2, 0.25) is 0 Å². The number of carbonyl (C=O) groups excluding carboxylic acids is 1. The Morgan fingerprint density at radius 1 is 1.08 bits per heavy atom. The molecule has 1 aromatic carbocycles. The highest BCUT2D eigenvalue weighted by Crippen LogP contribution is 2.27. The molecule has 2 heterocycles. The van der Waals surface area contributed by atoms with Crippen LogP contribution < -0.4 is 0 Å². The molecule has 136 valence electrons. The summed E-state index contributed by atoms with van der Waals surface area (Å²) < 4.78 is 7.42. The summed E-state index contributed by atoms with van der Waals surface area (Å²) in [6.07, 6.45) is 3.42. The Hall–Kier alpha value is -2.04. The van der Waals surface area contributed by atoms with Gasteiger partial charge in [0.1, 0.15) is 11.8 Å². The topological polar surface area (TPSA) is 43.6 Å². The van der Waals surface area contributed by atoms with Crippen LogP contribution in [-0.4, -0.2) is 21.5 Å². The summed E-state index contributed by atoms with van der Waals surface area (Å²) in [5.74, 6) is -0.268. The van der Waals surface area contributed by atoms with Crippen molar-refractivity contribution in [2.24, 2.45) is 0 Å². The van der Waals surface area contributed by atoms with Crippen LogP contribution in [-0.2, 0) is 16.0 Å². The molecule has 0 saturated carbocycles. The first-order valence-corrected chi connectivity index (χ1v) is 9.39. The van der Waals surface area contributed by atoms with Gasteiger partial charge in [0.05, 0.1) is 22.8 Å². The fraction of sp³-hybridized carbons (Fsp3) is 0.300. The molecule has 0 amide bonds. The smallest absolute Gasteiger partial charge is 0.312 e. The number of nitrogens with zero attached hydrogens (tertiary/aromatic N) is 2. The van der Waals surface area contributed by atoms with Crippen molar-refractivity contribution in [2.45, 2.75) is 39.2 Å². The summed E-state index contributed by atoms with van der Waals surface area (Å²) in [6.45, 7) is 4.02. The number of aromatic nitrogens is 2. The minimum atomic E-state index is -0.268. The van der Waals surface area contributed by atoms with Gasteiger partial charge >= 0.3 is 5.97 Å². The van der Waals surface area contributed by atoms with E-state index in [2.05, 4.69) is 4.98 Å². The van der Waals surface area contributed by atoms with E-state index >= 15 is 0 Å². The zero-order valence-corrected chi connectivity index (χ0v) is 16.2. The number of benzene rings is 1. The molecule has 0 aliphatic heterocycles. The fourth-order valence-corrected chi connectivity index (χ4v) is 3.18. The summed E-state index contributed by atoms with van der Waals surface area (Å²) in [7, 11) is 0. The number of esters is 1. The zero-order chi connectivity index (χ0) is 18.7. The molecule has 0 N–H and O–H groups in total. The first-order chi connectivity index (χ1) is 12.5. The molecular weight excluding hydrogens is 371 g/mol.